The molecule has 0 radical (unpaired) electrons. The van der Waals surface area contributed by atoms with E-state index in [-0.39, 0.29) is 17.4 Å². The first-order valence-corrected chi connectivity index (χ1v) is 8.60. The highest BCUT2D eigenvalue weighted by molar-refractivity contribution is 7.89. The molecule has 0 saturated heterocycles. The highest BCUT2D eigenvalue weighted by Crippen LogP contribution is 2.21. The number of hydrogen-bond acceptors (Lipinski definition) is 5. The maximum atomic E-state index is 12.5. The summed E-state index contributed by atoms with van der Waals surface area (Å²) in [6.07, 6.45) is 1.63. The number of nitrogens with one attached hydrogen (secondary N) is 1. The molecule has 3 rings (SSSR count). The van der Waals surface area contributed by atoms with Gasteiger partial charge in [-0.15, -0.1) is 11.3 Å². The molecule has 0 fully saturated rings. The van der Waals surface area contributed by atoms with E-state index >= 15 is 0 Å². The Balaban J connectivity index is 1.97. The van der Waals surface area contributed by atoms with Crippen LogP contribution in [0.2, 0.25) is 0 Å². The van der Waals surface area contributed by atoms with Crippen molar-refractivity contribution in [2.75, 3.05) is 5.73 Å². The van der Waals surface area contributed by atoms with Gasteiger partial charge in [0.15, 0.2) is 10.8 Å². The zero-order valence-corrected chi connectivity index (χ0v) is 12.9. The van der Waals surface area contributed by atoms with Crippen molar-refractivity contribution in [3.8, 4) is 0 Å². The SMILES string of the molecule is Cc1ccsc1CNS(=O)(=O)c1c(N)nc2ccccn12. The van der Waals surface area contributed by atoms with Crippen LogP contribution < -0.4 is 10.5 Å². The maximum Gasteiger partial charge on any atom is 0.260 e. The van der Waals surface area contributed by atoms with E-state index in [1.54, 1.807) is 24.4 Å². The van der Waals surface area contributed by atoms with Crippen LogP contribution in [0.5, 0.6) is 0 Å². The highest BCUT2D eigenvalue weighted by atomic mass is 32.2. The van der Waals surface area contributed by atoms with Crippen LogP contribution in [0, 0.1) is 6.92 Å². The molecule has 21 heavy (non-hydrogen) atoms. The molecular weight excluding hydrogens is 308 g/mol. The van der Waals surface area contributed by atoms with Gasteiger partial charge in [-0.1, -0.05) is 6.07 Å². The molecule has 0 atom stereocenters. The average molecular weight is 322 g/mol. The van der Waals surface area contributed by atoms with E-state index in [1.165, 1.54) is 15.7 Å². The van der Waals surface area contributed by atoms with Crippen LogP contribution in [0.15, 0.2) is 40.9 Å². The summed E-state index contributed by atoms with van der Waals surface area (Å²) in [6.45, 7) is 2.19. The van der Waals surface area contributed by atoms with Gasteiger partial charge in [0.05, 0.1) is 0 Å². The Kier molecular flexibility index (Phi) is 3.44. The van der Waals surface area contributed by atoms with Gasteiger partial charge in [0.25, 0.3) is 10.0 Å². The number of fused-ring (bicyclic) bond motifs is 1. The summed E-state index contributed by atoms with van der Waals surface area (Å²) in [4.78, 5) is 5.04. The van der Waals surface area contributed by atoms with Crippen LogP contribution in [0.1, 0.15) is 10.4 Å². The standard InChI is InChI=1S/C13H14N4O2S2/c1-9-5-7-20-10(9)8-15-21(18,19)13-12(14)16-11-4-2-3-6-17(11)13/h2-7,15H,8,14H2,1H3. The smallest absolute Gasteiger partial charge is 0.260 e. The molecule has 0 aromatic carbocycles. The summed E-state index contributed by atoms with van der Waals surface area (Å²) in [7, 11) is -3.73. The summed E-state index contributed by atoms with van der Waals surface area (Å²) in [5.41, 5.74) is 7.34. The van der Waals surface area contributed by atoms with E-state index in [0.29, 0.717) is 5.65 Å². The molecule has 110 valence electrons. The first-order valence-electron chi connectivity index (χ1n) is 6.24. The van der Waals surface area contributed by atoms with E-state index in [1.807, 2.05) is 18.4 Å². The fraction of sp³-hybridized carbons (Fsp3) is 0.154. The predicted octanol–water partition coefficient (Wildman–Crippen LogP) is 1.76. The number of aryl methyl sites for hydroxylation is 1. The van der Waals surface area contributed by atoms with Crippen molar-refractivity contribution in [3.63, 3.8) is 0 Å². The second-order valence-electron chi connectivity index (χ2n) is 4.58. The molecule has 0 amide bonds. The number of nitrogens with zero attached hydrogens (tertiary/aromatic N) is 2. The summed E-state index contributed by atoms with van der Waals surface area (Å²) in [5, 5.41) is 1.91. The molecule has 3 N–H and O–H groups in total. The third-order valence-electron chi connectivity index (χ3n) is 3.16. The third-order valence-corrected chi connectivity index (χ3v) is 5.62. The van der Waals surface area contributed by atoms with Gasteiger partial charge in [-0.2, -0.15) is 0 Å². The molecule has 0 aliphatic rings. The maximum absolute atomic E-state index is 12.5. The van der Waals surface area contributed by atoms with Crippen molar-refractivity contribution >= 4 is 32.8 Å². The Morgan fingerprint density at radius 3 is 2.90 bits per heavy atom. The number of imidazole rings is 1. The fourth-order valence-electron chi connectivity index (χ4n) is 2.07. The average Bonchev–Trinajstić information content (AvgIpc) is 2.99. The van der Waals surface area contributed by atoms with Crippen molar-refractivity contribution in [2.45, 2.75) is 18.5 Å². The van der Waals surface area contributed by atoms with Gasteiger partial charge in [-0.05, 0) is 36.1 Å². The van der Waals surface area contributed by atoms with Crippen molar-refractivity contribution < 1.29 is 8.42 Å². The number of rotatable bonds is 4. The zero-order chi connectivity index (χ0) is 15.0. The van der Waals surface area contributed by atoms with Crippen molar-refractivity contribution in [2.24, 2.45) is 0 Å². The molecule has 0 saturated carbocycles. The number of aromatic nitrogens is 2. The summed E-state index contributed by atoms with van der Waals surface area (Å²) >= 11 is 1.51. The Morgan fingerprint density at radius 1 is 1.38 bits per heavy atom. The quantitative estimate of drug-likeness (QED) is 0.766. The lowest BCUT2D eigenvalue weighted by Crippen LogP contribution is -2.25. The minimum absolute atomic E-state index is 0.00315. The van der Waals surface area contributed by atoms with E-state index in [0.717, 1.165) is 10.4 Å². The number of hydrogen-bond donors (Lipinski definition) is 2. The Morgan fingerprint density at radius 2 is 2.19 bits per heavy atom. The van der Waals surface area contributed by atoms with Gasteiger partial charge >= 0.3 is 0 Å². The fourth-order valence-corrected chi connectivity index (χ4v) is 4.22. The number of sulfonamides is 1. The second kappa shape index (κ2) is 5.14. The molecule has 0 spiro atoms. The number of pyridine rings is 1. The largest absolute Gasteiger partial charge is 0.381 e. The van der Waals surface area contributed by atoms with Gasteiger partial charge < -0.3 is 5.73 Å². The van der Waals surface area contributed by atoms with Gasteiger partial charge in [-0.3, -0.25) is 4.40 Å². The van der Waals surface area contributed by atoms with Gasteiger partial charge in [0, 0.05) is 17.6 Å². The number of thiophene rings is 1. The van der Waals surface area contributed by atoms with E-state index in [9.17, 15) is 8.42 Å². The van der Waals surface area contributed by atoms with Crippen molar-refractivity contribution in [3.05, 3.63) is 46.3 Å². The van der Waals surface area contributed by atoms with Gasteiger partial charge in [0.2, 0.25) is 0 Å². The lowest BCUT2D eigenvalue weighted by molar-refractivity contribution is 0.577. The van der Waals surface area contributed by atoms with Crippen LogP contribution >= 0.6 is 11.3 Å². The minimum Gasteiger partial charge on any atom is -0.381 e. The highest BCUT2D eigenvalue weighted by Gasteiger charge is 2.23. The molecule has 3 heterocycles. The zero-order valence-electron chi connectivity index (χ0n) is 11.3. The number of nitrogens with two attached hydrogens (primary N) is 1. The second-order valence-corrected chi connectivity index (χ2v) is 7.27. The Bertz CT molecular complexity index is 896. The molecule has 3 aromatic rings. The van der Waals surface area contributed by atoms with E-state index < -0.39 is 10.0 Å². The Labute approximate surface area is 126 Å². The van der Waals surface area contributed by atoms with Crippen molar-refractivity contribution in [1.29, 1.82) is 0 Å². The van der Waals surface area contributed by atoms with Crippen molar-refractivity contribution in [1.82, 2.24) is 14.1 Å². The van der Waals surface area contributed by atoms with Crippen LogP contribution in [0.25, 0.3) is 5.65 Å². The first-order chi connectivity index (χ1) is 9.99. The molecular formula is C13H14N4O2S2. The van der Waals surface area contributed by atoms with Crippen LogP contribution in [0.3, 0.4) is 0 Å². The molecule has 6 nitrogen and oxygen atoms in total. The Hall–Kier alpha value is -1.90. The van der Waals surface area contributed by atoms with Gasteiger partial charge in [0.1, 0.15) is 5.65 Å². The third kappa shape index (κ3) is 2.53. The van der Waals surface area contributed by atoms with Crippen LogP contribution in [-0.4, -0.2) is 17.8 Å². The predicted molar refractivity (Wildman–Crippen MR) is 82.7 cm³/mol. The number of anilines is 1. The summed E-state index contributed by atoms with van der Waals surface area (Å²) < 4.78 is 29.0. The minimum atomic E-state index is -3.73. The van der Waals surface area contributed by atoms with E-state index in [2.05, 4.69) is 9.71 Å². The van der Waals surface area contributed by atoms with Gasteiger partial charge in [-0.25, -0.2) is 18.1 Å². The summed E-state index contributed by atoms with van der Waals surface area (Å²) in [5.74, 6) is -0.00315. The molecule has 8 heteroatoms. The molecule has 0 unspecified atom stereocenters. The molecule has 3 aromatic heterocycles. The summed E-state index contributed by atoms with van der Waals surface area (Å²) in [6, 6.07) is 7.17. The first kappa shape index (κ1) is 14.1. The molecule has 0 aliphatic heterocycles. The number of nitrogen functional groups attached to an aromatic ring is 1. The monoisotopic (exact) mass is 322 g/mol. The lowest BCUT2D eigenvalue weighted by atomic mass is 10.3. The van der Waals surface area contributed by atoms with E-state index in [4.69, 9.17) is 5.73 Å². The molecule has 0 aliphatic carbocycles. The lowest BCUT2D eigenvalue weighted by Gasteiger charge is -2.07. The molecule has 0 bridgehead atoms. The topological polar surface area (TPSA) is 89.5 Å². The normalized spacial score (nSPS) is 12.0. The van der Waals surface area contributed by atoms with Crippen LogP contribution in [-0.2, 0) is 16.6 Å². The van der Waals surface area contributed by atoms with Crippen LogP contribution in [0.4, 0.5) is 5.82 Å².